The fraction of sp³-hybridized carbons (Fsp3) is 0.533. The smallest absolute Gasteiger partial charge is 0.319 e. The molecule has 0 saturated heterocycles. The summed E-state index contributed by atoms with van der Waals surface area (Å²) in [6, 6.07) is 4.78. The van der Waals surface area contributed by atoms with Gasteiger partial charge in [0.05, 0.1) is 10.0 Å². The maximum atomic E-state index is 11.7. The van der Waals surface area contributed by atoms with Gasteiger partial charge in [0.1, 0.15) is 0 Å². The van der Waals surface area contributed by atoms with Crippen molar-refractivity contribution in [1.29, 1.82) is 0 Å². The summed E-state index contributed by atoms with van der Waals surface area (Å²) in [6.45, 7) is 8.19. The molecule has 6 heteroatoms. The van der Waals surface area contributed by atoms with Gasteiger partial charge in [0.2, 0.25) is 0 Å². The van der Waals surface area contributed by atoms with Crippen LogP contribution in [0, 0.1) is 0 Å². The van der Waals surface area contributed by atoms with E-state index in [1.54, 1.807) is 18.2 Å². The lowest BCUT2D eigenvalue weighted by Gasteiger charge is -2.17. The number of hydrogen-bond acceptors (Lipinski definition) is 2. The Kier molecular flexibility index (Phi) is 8.50. The Bertz CT molecular complexity index is 451. The first kappa shape index (κ1) is 18.1. The van der Waals surface area contributed by atoms with E-state index >= 15 is 0 Å². The van der Waals surface area contributed by atoms with Crippen LogP contribution in [0.3, 0.4) is 0 Å². The average molecular weight is 332 g/mol. The van der Waals surface area contributed by atoms with Crippen molar-refractivity contribution < 1.29 is 4.79 Å². The highest BCUT2D eigenvalue weighted by atomic mass is 35.5. The van der Waals surface area contributed by atoms with Gasteiger partial charge in [-0.3, -0.25) is 0 Å². The number of rotatable bonds is 8. The molecular weight excluding hydrogens is 309 g/mol. The zero-order valence-corrected chi connectivity index (χ0v) is 14.1. The Labute approximate surface area is 136 Å². The number of carbonyl (C=O) groups is 1. The SMILES string of the molecule is CCN(CC)CCCCNC(=O)Nc1ccc(Cl)c(Cl)c1. The number of hydrogen-bond donors (Lipinski definition) is 2. The summed E-state index contributed by atoms with van der Waals surface area (Å²) in [5.74, 6) is 0. The molecule has 1 aromatic carbocycles. The second-order valence-electron chi connectivity index (χ2n) is 4.74. The molecule has 0 spiro atoms. The molecule has 0 unspecified atom stereocenters. The standard InChI is InChI=1S/C15H23Cl2N3O/c1-3-20(4-2)10-6-5-9-18-15(21)19-12-7-8-13(16)14(17)11-12/h7-8,11H,3-6,9-10H2,1-2H3,(H2,18,19,21). The molecule has 2 amide bonds. The zero-order valence-electron chi connectivity index (χ0n) is 12.6. The number of unbranched alkanes of at least 4 members (excludes halogenated alkanes) is 1. The minimum atomic E-state index is -0.226. The van der Waals surface area contributed by atoms with Crippen molar-refractivity contribution >= 4 is 34.9 Å². The molecule has 4 nitrogen and oxygen atoms in total. The highest BCUT2D eigenvalue weighted by Gasteiger charge is 2.04. The molecule has 0 aromatic heterocycles. The van der Waals surface area contributed by atoms with E-state index in [9.17, 15) is 4.79 Å². The van der Waals surface area contributed by atoms with Crippen LogP contribution in [0.2, 0.25) is 10.0 Å². The number of nitrogens with one attached hydrogen (secondary N) is 2. The van der Waals surface area contributed by atoms with E-state index in [4.69, 9.17) is 23.2 Å². The number of anilines is 1. The molecule has 0 aliphatic rings. The van der Waals surface area contributed by atoms with Crippen molar-refractivity contribution in [1.82, 2.24) is 10.2 Å². The Hall–Kier alpha value is -0.970. The third-order valence-electron chi connectivity index (χ3n) is 3.26. The molecule has 0 radical (unpaired) electrons. The summed E-state index contributed by atoms with van der Waals surface area (Å²) in [7, 11) is 0. The molecule has 0 aliphatic heterocycles. The van der Waals surface area contributed by atoms with Crippen LogP contribution in [0.25, 0.3) is 0 Å². The van der Waals surface area contributed by atoms with Gasteiger partial charge in [0.15, 0.2) is 0 Å². The summed E-state index contributed by atoms with van der Waals surface area (Å²) < 4.78 is 0. The maximum Gasteiger partial charge on any atom is 0.319 e. The maximum absolute atomic E-state index is 11.7. The number of nitrogens with zero attached hydrogens (tertiary/aromatic N) is 1. The van der Waals surface area contributed by atoms with Gasteiger partial charge in [-0.15, -0.1) is 0 Å². The quantitative estimate of drug-likeness (QED) is 0.700. The molecule has 0 heterocycles. The van der Waals surface area contributed by atoms with Crippen LogP contribution in [0.15, 0.2) is 18.2 Å². The van der Waals surface area contributed by atoms with E-state index in [-0.39, 0.29) is 6.03 Å². The number of urea groups is 1. The van der Waals surface area contributed by atoms with Crippen molar-refractivity contribution in [2.45, 2.75) is 26.7 Å². The summed E-state index contributed by atoms with van der Waals surface area (Å²) >= 11 is 11.7. The van der Waals surface area contributed by atoms with E-state index in [1.807, 2.05) is 0 Å². The lowest BCUT2D eigenvalue weighted by molar-refractivity contribution is 0.251. The molecule has 118 valence electrons. The number of halogens is 2. The minimum absolute atomic E-state index is 0.226. The molecule has 0 atom stereocenters. The van der Waals surface area contributed by atoms with Crippen LogP contribution in [-0.4, -0.2) is 37.1 Å². The molecule has 0 bridgehead atoms. The van der Waals surface area contributed by atoms with Crippen LogP contribution in [-0.2, 0) is 0 Å². The van der Waals surface area contributed by atoms with Gasteiger partial charge in [0, 0.05) is 12.2 Å². The normalized spacial score (nSPS) is 10.7. The monoisotopic (exact) mass is 331 g/mol. The molecule has 2 N–H and O–H groups in total. The second-order valence-corrected chi connectivity index (χ2v) is 5.56. The van der Waals surface area contributed by atoms with Gasteiger partial charge in [-0.2, -0.15) is 0 Å². The van der Waals surface area contributed by atoms with E-state index in [1.165, 1.54) is 0 Å². The Balaban J connectivity index is 2.21. The Morgan fingerprint density at radius 3 is 2.48 bits per heavy atom. The topological polar surface area (TPSA) is 44.4 Å². The fourth-order valence-electron chi connectivity index (χ4n) is 1.95. The summed E-state index contributed by atoms with van der Waals surface area (Å²) in [5.41, 5.74) is 0.630. The number of carbonyl (C=O) groups excluding carboxylic acids is 1. The van der Waals surface area contributed by atoms with Gasteiger partial charge in [-0.25, -0.2) is 4.79 Å². The zero-order chi connectivity index (χ0) is 15.7. The van der Waals surface area contributed by atoms with E-state index in [2.05, 4.69) is 29.4 Å². The van der Waals surface area contributed by atoms with Crippen molar-refractivity contribution in [2.24, 2.45) is 0 Å². The summed E-state index contributed by atoms with van der Waals surface area (Å²) in [6.07, 6.45) is 2.04. The fourth-order valence-corrected chi connectivity index (χ4v) is 2.25. The largest absolute Gasteiger partial charge is 0.338 e. The van der Waals surface area contributed by atoms with Crippen LogP contribution in [0.4, 0.5) is 10.5 Å². The van der Waals surface area contributed by atoms with Gasteiger partial charge in [0.25, 0.3) is 0 Å². The van der Waals surface area contributed by atoms with Gasteiger partial charge < -0.3 is 15.5 Å². The van der Waals surface area contributed by atoms with Crippen LogP contribution in [0.1, 0.15) is 26.7 Å². The van der Waals surface area contributed by atoms with E-state index in [0.29, 0.717) is 22.3 Å². The average Bonchev–Trinajstić information content (AvgIpc) is 2.47. The second kappa shape index (κ2) is 9.87. The molecule has 21 heavy (non-hydrogen) atoms. The molecular formula is C15H23Cl2N3O. The van der Waals surface area contributed by atoms with E-state index < -0.39 is 0 Å². The van der Waals surface area contributed by atoms with Crippen LogP contribution >= 0.6 is 23.2 Å². The third-order valence-corrected chi connectivity index (χ3v) is 4.00. The van der Waals surface area contributed by atoms with Gasteiger partial charge in [-0.1, -0.05) is 37.0 Å². The van der Waals surface area contributed by atoms with Crippen molar-refractivity contribution in [3.8, 4) is 0 Å². The van der Waals surface area contributed by atoms with Crippen molar-refractivity contribution in [3.05, 3.63) is 28.2 Å². The lowest BCUT2D eigenvalue weighted by Crippen LogP contribution is -2.30. The number of amides is 2. The number of benzene rings is 1. The Morgan fingerprint density at radius 1 is 1.14 bits per heavy atom. The van der Waals surface area contributed by atoms with Gasteiger partial charge in [-0.05, 0) is 50.7 Å². The first-order valence-corrected chi connectivity index (χ1v) is 8.04. The van der Waals surface area contributed by atoms with Crippen LogP contribution < -0.4 is 10.6 Å². The lowest BCUT2D eigenvalue weighted by atomic mass is 10.3. The van der Waals surface area contributed by atoms with Gasteiger partial charge >= 0.3 is 6.03 Å². The predicted octanol–water partition coefficient (Wildman–Crippen LogP) is 4.24. The van der Waals surface area contributed by atoms with Crippen LogP contribution in [0.5, 0.6) is 0 Å². The molecule has 0 fully saturated rings. The van der Waals surface area contributed by atoms with Crippen molar-refractivity contribution in [3.63, 3.8) is 0 Å². The minimum Gasteiger partial charge on any atom is -0.338 e. The molecule has 0 aliphatic carbocycles. The summed E-state index contributed by atoms with van der Waals surface area (Å²) in [5, 5.41) is 6.45. The predicted molar refractivity (Wildman–Crippen MR) is 90.5 cm³/mol. The van der Waals surface area contributed by atoms with E-state index in [0.717, 1.165) is 32.5 Å². The van der Waals surface area contributed by atoms with Crippen molar-refractivity contribution in [2.75, 3.05) is 31.5 Å². The highest BCUT2D eigenvalue weighted by Crippen LogP contribution is 2.24. The molecule has 1 aromatic rings. The third kappa shape index (κ3) is 7.02. The Morgan fingerprint density at radius 2 is 1.86 bits per heavy atom. The first-order valence-electron chi connectivity index (χ1n) is 7.29. The molecule has 0 saturated carbocycles. The highest BCUT2D eigenvalue weighted by molar-refractivity contribution is 6.42. The summed E-state index contributed by atoms with van der Waals surface area (Å²) in [4.78, 5) is 14.1. The first-order chi connectivity index (χ1) is 10.1. The molecule has 1 rings (SSSR count).